The molecular formula is C17H26N4O7. The topological polar surface area (TPSA) is 170 Å². The second-order valence-electron chi connectivity index (χ2n) is 6.97. The Kier molecular flexibility index (Phi) is 7.32. The minimum atomic E-state index is -1.12. The van der Waals surface area contributed by atoms with Crippen LogP contribution in [0.3, 0.4) is 0 Å². The van der Waals surface area contributed by atoms with Crippen LogP contribution in [-0.2, 0) is 24.0 Å². The monoisotopic (exact) mass is 398 g/mol. The van der Waals surface area contributed by atoms with Crippen molar-refractivity contribution < 1.29 is 34.2 Å². The minimum Gasteiger partial charge on any atom is -0.481 e. The molecular weight excluding hydrogens is 372 g/mol. The lowest BCUT2D eigenvalue weighted by Gasteiger charge is -2.32. The van der Waals surface area contributed by atoms with E-state index >= 15 is 0 Å². The fourth-order valence-corrected chi connectivity index (χ4v) is 3.74. The summed E-state index contributed by atoms with van der Waals surface area (Å²) in [5.41, 5.74) is 5.26. The molecule has 0 radical (unpaired) electrons. The number of hydrogen-bond acceptors (Lipinski definition) is 6. The molecule has 11 nitrogen and oxygen atoms in total. The molecule has 0 aliphatic carbocycles. The van der Waals surface area contributed by atoms with Crippen molar-refractivity contribution in [1.82, 2.24) is 15.1 Å². The van der Waals surface area contributed by atoms with Gasteiger partial charge in [0.05, 0.1) is 6.54 Å². The van der Waals surface area contributed by atoms with Crippen LogP contribution in [0.5, 0.6) is 0 Å². The second kappa shape index (κ2) is 9.49. The van der Waals surface area contributed by atoms with Crippen LogP contribution >= 0.6 is 0 Å². The number of nitrogens with two attached hydrogens (primary N) is 1. The molecule has 2 fully saturated rings. The first-order chi connectivity index (χ1) is 13.3. The summed E-state index contributed by atoms with van der Waals surface area (Å²) in [6.07, 6.45) is 1.44. The van der Waals surface area contributed by atoms with Gasteiger partial charge in [-0.1, -0.05) is 0 Å². The summed E-state index contributed by atoms with van der Waals surface area (Å²) in [6.45, 7) is 0.247. The van der Waals surface area contributed by atoms with Crippen LogP contribution in [0.2, 0.25) is 0 Å². The zero-order valence-electron chi connectivity index (χ0n) is 15.5. The molecule has 0 aromatic carbocycles. The quantitative estimate of drug-likeness (QED) is 0.377. The van der Waals surface area contributed by atoms with E-state index in [2.05, 4.69) is 5.32 Å². The van der Waals surface area contributed by atoms with Gasteiger partial charge >= 0.3 is 11.9 Å². The van der Waals surface area contributed by atoms with Crippen molar-refractivity contribution >= 4 is 29.7 Å². The van der Waals surface area contributed by atoms with Crippen LogP contribution < -0.4 is 11.1 Å². The van der Waals surface area contributed by atoms with Gasteiger partial charge in [-0.2, -0.15) is 0 Å². The number of rotatable bonds is 8. The number of carboxylic acids is 2. The van der Waals surface area contributed by atoms with E-state index in [-0.39, 0.29) is 25.9 Å². The van der Waals surface area contributed by atoms with Gasteiger partial charge in [0.25, 0.3) is 0 Å². The largest absolute Gasteiger partial charge is 0.481 e. The van der Waals surface area contributed by atoms with Crippen LogP contribution in [0.15, 0.2) is 0 Å². The maximum Gasteiger partial charge on any atom is 0.326 e. The molecule has 2 aliphatic heterocycles. The zero-order chi connectivity index (χ0) is 20.8. The first kappa shape index (κ1) is 21.6. The first-order valence-corrected chi connectivity index (χ1v) is 9.31. The Balaban J connectivity index is 2.14. The third kappa shape index (κ3) is 4.97. The van der Waals surface area contributed by atoms with Crippen LogP contribution in [0, 0.1) is 0 Å². The predicted octanol–water partition coefficient (Wildman–Crippen LogP) is -1.64. The summed E-state index contributed by atoms with van der Waals surface area (Å²) < 4.78 is 0. The highest BCUT2D eigenvalue weighted by Gasteiger charge is 2.43. The molecule has 0 spiro atoms. The van der Waals surface area contributed by atoms with Crippen LogP contribution in [0.1, 0.15) is 38.5 Å². The van der Waals surface area contributed by atoms with Crippen molar-refractivity contribution in [2.45, 2.75) is 56.7 Å². The molecule has 0 aromatic rings. The van der Waals surface area contributed by atoms with Gasteiger partial charge in [-0.05, 0) is 32.1 Å². The Morgan fingerprint density at radius 1 is 1.00 bits per heavy atom. The van der Waals surface area contributed by atoms with Crippen molar-refractivity contribution in [3.8, 4) is 0 Å². The fourth-order valence-electron chi connectivity index (χ4n) is 3.74. The molecule has 0 aromatic heterocycles. The molecule has 2 aliphatic rings. The number of nitrogens with zero attached hydrogens (tertiary/aromatic N) is 2. The van der Waals surface area contributed by atoms with E-state index in [0.29, 0.717) is 32.2 Å². The fraction of sp³-hybridized carbons (Fsp3) is 0.706. The van der Waals surface area contributed by atoms with E-state index < -0.39 is 47.8 Å². The number of carbonyl (C=O) groups excluding carboxylic acids is 3. The molecule has 3 atom stereocenters. The first-order valence-electron chi connectivity index (χ1n) is 9.31. The highest BCUT2D eigenvalue weighted by atomic mass is 16.4. The number of carboxylic acid groups (broad SMARTS) is 2. The van der Waals surface area contributed by atoms with Crippen LogP contribution in [0.4, 0.5) is 0 Å². The van der Waals surface area contributed by atoms with Gasteiger partial charge in [0.15, 0.2) is 0 Å². The van der Waals surface area contributed by atoms with E-state index in [1.165, 1.54) is 9.80 Å². The highest BCUT2D eigenvalue weighted by Crippen LogP contribution is 2.26. The molecule has 2 heterocycles. The van der Waals surface area contributed by atoms with Crippen LogP contribution in [0.25, 0.3) is 0 Å². The van der Waals surface area contributed by atoms with E-state index in [9.17, 15) is 29.1 Å². The van der Waals surface area contributed by atoms with Gasteiger partial charge in [-0.3, -0.25) is 19.2 Å². The van der Waals surface area contributed by atoms with E-state index in [1.54, 1.807) is 0 Å². The smallest absolute Gasteiger partial charge is 0.326 e. The third-order valence-corrected chi connectivity index (χ3v) is 5.11. The molecule has 11 heteroatoms. The number of amides is 3. The Bertz CT molecular complexity index is 653. The Morgan fingerprint density at radius 3 is 2.18 bits per heavy atom. The molecule has 0 bridgehead atoms. The predicted molar refractivity (Wildman–Crippen MR) is 95.0 cm³/mol. The number of aliphatic carboxylic acids is 2. The molecule has 3 unspecified atom stereocenters. The molecule has 156 valence electrons. The molecule has 0 saturated carbocycles. The van der Waals surface area contributed by atoms with Gasteiger partial charge < -0.3 is 31.1 Å². The van der Waals surface area contributed by atoms with Gasteiger partial charge in [-0.25, -0.2) is 4.79 Å². The molecule has 2 saturated heterocycles. The zero-order valence-corrected chi connectivity index (χ0v) is 15.5. The normalized spacial score (nSPS) is 22.8. The number of nitrogens with one attached hydrogen (secondary N) is 1. The van der Waals surface area contributed by atoms with Crippen molar-refractivity contribution in [3.63, 3.8) is 0 Å². The Labute approximate surface area is 161 Å². The summed E-state index contributed by atoms with van der Waals surface area (Å²) in [4.78, 5) is 62.3. The molecule has 3 amide bonds. The molecule has 5 N–H and O–H groups in total. The number of hydrogen-bond donors (Lipinski definition) is 4. The van der Waals surface area contributed by atoms with Gasteiger partial charge in [-0.15, -0.1) is 0 Å². The van der Waals surface area contributed by atoms with Gasteiger partial charge in [0.1, 0.15) is 18.1 Å². The summed E-state index contributed by atoms with van der Waals surface area (Å²) in [6, 6.07) is -2.81. The maximum absolute atomic E-state index is 12.9. The lowest BCUT2D eigenvalue weighted by Crippen LogP contribution is -2.55. The van der Waals surface area contributed by atoms with Gasteiger partial charge in [0, 0.05) is 19.5 Å². The standard InChI is InChI=1S/C17H26N4O7/c18-9-13(22)19-10(5-6-14(23)24)15(25)20-7-1-3-11(20)16(26)21-8-2-4-12(21)17(27)28/h10-12H,1-9,18H2,(H,19,22)(H,23,24)(H,27,28). The van der Waals surface area contributed by atoms with E-state index in [1.807, 2.05) is 0 Å². The summed E-state index contributed by atoms with van der Waals surface area (Å²) >= 11 is 0. The van der Waals surface area contributed by atoms with Crippen LogP contribution in [-0.4, -0.2) is 87.4 Å². The van der Waals surface area contributed by atoms with Crippen molar-refractivity contribution in [2.75, 3.05) is 19.6 Å². The minimum absolute atomic E-state index is 0.126. The Morgan fingerprint density at radius 2 is 1.61 bits per heavy atom. The number of likely N-dealkylation sites (tertiary alicyclic amines) is 2. The molecule has 28 heavy (non-hydrogen) atoms. The van der Waals surface area contributed by atoms with Crippen molar-refractivity contribution in [2.24, 2.45) is 5.73 Å². The average molecular weight is 398 g/mol. The maximum atomic E-state index is 12.9. The third-order valence-electron chi connectivity index (χ3n) is 5.11. The summed E-state index contributed by atoms with van der Waals surface area (Å²) in [5.74, 6) is -3.76. The van der Waals surface area contributed by atoms with Crippen molar-refractivity contribution in [1.29, 1.82) is 0 Å². The second-order valence-corrected chi connectivity index (χ2v) is 6.97. The van der Waals surface area contributed by atoms with Gasteiger partial charge in [0.2, 0.25) is 17.7 Å². The van der Waals surface area contributed by atoms with E-state index in [4.69, 9.17) is 10.8 Å². The Hall–Kier alpha value is -2.69. The lowest BCUT2D eigenvalue weighted by atomic mass is 10.1. The highest BCUT2D eigenvalue weighted by molar-refractivity contribution is 5.94. The lowest BCUT2D eigenvalue weighted by molar-refractivity contribution is -0.152. The van der Waals surface area contributed by atoms with E-state index in [0.717, 1.165) is 0 Å². The SMILES string of the molecule is NCC(=O)NC(CCC(=O)O)C(=O)N1CCCC1C(=O)N1CCCC1C(=O)O. The average Bonchev–Trinajstić information content (AvgIpc) is 3.32. The summed E-state index contributed by atoms with van der Waals surface area (Å²) in [7, 11) is 0. The molecule has 2 rings (SSSR count). The summed E-state index contributed by atoms with van der Waals surface area (Å²) in [5, 5.41) is 20.6. The number of carbonyl (C=O) groups is 5. The van der Waals surface area contributed by atoms with Crippen molar-refractivity contribution in [3.05, 3.63) is 0 Å².